The Bertz CT molecular complexity index is 509. The molecule has 5 heteroatoms. The summed E-state index contributed by atoms with van der Waals surface area (Å²) < 4.78 is 5.64. The van der Waals surface area contributed by atoms with Crippen molar-refractivity contribution in [2.75, 3.05) is 19.3 Å². The van der Waals surface area contributed by atoms with Crippen molar-refractivity contribution in [3.63, 3.8) is 0 Å². The summed E-state index contributed by atoms with van der Waals surface area (Å²) in [6, 6.07) is 7.13. The van der Waals surface area contributed by atoms with Crippen LogP contribution < -0.4 is 15.8 Å². The standard InChI is InChI=1S/C13H15N3O2/c1-15-13(17)16-8-6-10(7-9-16)18-12-5-3-2-4-11(12)14/h2-8H,9,14H2,1H3,(H,15,17). The van der Waals surface area contributed by atoms with Gasteiger partial charge in [0.05, 0.1) is 5.69 Å². The number of anilines is 1. The molecule has 5 nitrogen and oxygen atoms in total. The molecule has 0 fully saturated rings. The van der Waals surface area contributed by atoms with Gasteiger partial charge in [0.1, 0.15) is 11.5 Å². The third kappa shape index (κ3) is 2.63. The first-order chi connectivity index (χ1) is 8.70. The van der Waals surface area contributed by atoms with Gasteiger partial charge in [0.15, 0.2) is 0 Å². The second kappa shape index (κ2) is 5.27. The number of nitrogen functional groups attached to an aromatic ring is 1. The Morgan fingerprint density at radius 3 is 2.83 bits per heavy atom. The van der Waals surface area contributed by atoms with Crippen LogP contribution in [-0.2, 0) is 0 Å². The number of nitrogens with one attached hydrogen (secondary N) is 1. The number of carbonyl (C=O) groups is 1. The third-order valence-electron chi connectivity index (χ3n) is 2.53. The van der Waals surface area contributed by atoms with E-state index in [1.807, 2.05) is 18.2 Å². The number of amides is 2. The fourth-order valence-electron chi connectivity index (χ4n) is 1.55. The van der Waals surface area contributed by atoms with Gasteiger partial charge in [-0.25, -0.2) is 4.79 Å². The Kier molecular flexibility index (Phi) is 3.52. The second-order valence-corrected chi connectivity index (χ2v) is 3.77. The van der Waals surface area contributed by atoms with E-state index in [1.54, 1.807) is 36.4 Å². The van der Waals surface area contributed by atoms with Crippen molar-refractivity contribution < 1.29 is 9.53 Å². The number of para-hydroxylation sites is 2. The van der Waals surface area contributed by atoms with Crippen LogP contribution >= 0.6 is 0 Å². The first-order valence-electron chi connectivity index (χ1n) is 5.60. The summed E-state index contributed by atoms with van der Waals surface area (Å²) in [7, 11) is 1.59. The van der Waals surface area contributed by atoms with Gasteiger partial charge in [0.2, 0.25) is 0 Å². The molecule has 1 aliphatic heterocycles. The van der Waals surface area contributed by atoms with E-state index >= 15 is 0 Å². The number of rotatable bonds is 2. The topological polar surface area (TPSA) is 67.6 Å². The highest BCUT2D eigenvalue weighted by atomic mass is 16.5. The minimum Gasteiger partial charge on any atom is -0.455 e. The molecule has 0 saturated carbocycles. The first kappa shape index (κ1) is 12.0. The number of carbonyl (C=O) groups excluding carboxylic acids is 1. The number of ether oxygens (including phenoxy) is 1. The number of hydrogen-bond donors (Lipinski definition) is 2. The maximum atomic E-state index is 11.4. The van der Waals surface area contributed by atoms with Crippen molar-refractivity contribution in [2.24, 2.45) is 0 Å². The molecule has 2 amide bonds. The van der Waals surface area contributed by atoms with Gasteiger partial charge in [-0.1, -0.05) is 12.1 Å². The zero-order valence-corrected chi connectivity index (χ0v) is 10.1. The van der Waals surface area contributed by atoms with Gasteiger partial charge in [0, 0.05) is 19.8 Å². The van der Waals surface area contributed by atoms with Gasteiger partial charge in [-0.05, 0) is 24.3 Å². The van der Waals surface area contributed by atoms with Gasteiger partial charge >= 0.3 is 6.03 Å². The Morgan fingerprint density at radius 1 is 1.44 bits per heavy atom. The quantitative estimate of drug-likeness (QED) is 0.779. The highest BCUT2D eigenvalue weighted by Gasteiger charge is 2.12. The van der Waals surface area contributed by atoms with Crippen LogP contribution in [0.2, 0.25) is 0 Å². The highest BCUT2D eigenvalue weighted by Crippen LogP contribution is 2.23. The summed E-state index contributed by atoms with van der Waals surface area (Å²) in [5.74, 6) is 1.29. The maximum absolute atomic E-state index is 11.4. The van der Waals surface area contributed by atoms with Crippen molar-refractivity contribution in [2.45, 2.75) is 0 Å². The molecule has 0 unspecified atom stereocenters. The van der Waals surface area contributed by atoms with Crippen LogP contribution in [0.15, 0.2) is 48.4 Å². The molecule has 0 aliphatic carbocycles. The lowest BCUT2D eigenvalue weighted by Gasteiger charge is -2.20. The second-order valence-electron chi connectivity index (χ2n) is 3.77. The third-order valence-corrected chi connectivity index (χ3v) is 2.53. The van der Waals surface area contributed by atoms with Crippen LogP contribution in [0.1, 0.15) is 0 Å². The van der Waals surface area contributed by atoms with E-state index in [2.05, 4.69) is 5.32 Å². The van der Waals surface area contributed by atoms with E-state index in [0.717, 1.165) is 0 Å². The average Bonchev–Trinajstić information content (AvgIpc) is 2.41. The van der Waals surface area contributed by atoms with Gasteiger partial charge in [0.25, 0.3) is 0 Å². The molecule has 0 spiro atoms. The molecule has 0 radical (unpaired) electrons. The van der Waals surface area contributed by atoms with Gasteiger partial charge in [-0.3, -0.25) is 4.90 Å². The lowest BCUT2D eigenvalue weighted by molar-refractivity contribution is 0.220. The van der Waals surface area contributed by atoms with Crippen LogP contribution in [0.5, 0.6) is 5.75 Å². The molecule has 2 rings (SSSR count). The van der Waals surface area contributed by atoms with Crippen molar-refractivity contribution in [3.8, 4) is 5.75 Å². The summed E-state index contributed by atoms with van der Waals surface area (Å²) in [4.78, 5) is 12.9. The van der Waals surface area contributed by atoms with E-state index in [-0.39, 0.29) is 6.03 Å². The van der Waals surface area contributed by atoms with Crippen molar-refractivity contribution in [1.82, 2.24) is 10.2 Å². The Hall–Kier alpha value is -2.43. The molecule has 0 saturated heterocycles. The molecule has 94 valence electrons. The van der Waals surface area contributed by atoms with Crippen molar-refractivity contribution >= 4 is 11.7 Å². The van der Waals surface area contributed by atoms with Crippen LogP contribution in [0.25, 0.3) is 0 Å². The summed E-state index contributed by atoms with van der Waals surface area (Å²) in [6.07, 6.45) is 5.22. The van der Waals surface area contributed by atoms with Gasteiger partial charge in [-0.2, -0.15) is 0 Å². The molecule has 0 atom stereocenters. The number of allylic oxidation sites excluding steroid dienone is 1. The molecule has 3 N–H and O–H groups in total. The van der Waals surface area contributed by atoms with Crippen molar-refractivity contribution in [3.05, 3.63) is 48.4 Å². The fraction of sp³-hybridized carbons (Fsp3) is 0.154. The zero-order valence-electron chi connectivity index (χ0n) is 10.1. The highest BCUT2D eigenvalue weighted by molar-refractivity contribution is 5.75. The first-order valence-corrected chi connectivity index (χ1v) is 5.60. The van der Waals surface area contributed by atoms with Crippen LogP contribution in [-0.4, -0.2) is 24.5 Å². The molecule has 0 aromatic heterocycles. The van der Waals surface area contributed by atoms with E-state index < -0.39 is 0 Å². The Balaban J connectivity index is 2.02. The largest absolute Gasteiger partial charge is 0.455 e. The minimum absolute atomic E-state index is 0.152. The molecular weight excluding hydrogens is 230 g/mol. The summed E-state index contributed by atoms with van der Waals surface area (Å²) in [5.41, 5.74) is 6.37. The number of nitrogens with zero attached hydrogens (tertiary/aromatic N) is 1. The summed E-state index contributed by atoms with van der Waals surface area (Å²) in [6.45, 7) is 0.470. The molecule has 1 aliphatic rings. The summed E-state index contributed by atoms with van der Waals surface area (Å²) in [5, 5.41) is 2.55. The molecule has 0 bridgehead atoms. The van der Waals surface area contributed by atoms with Crippen LogP contribution in [0.4, 0.5) is 10.5 Å². The Morgan fingerprint density at radius 2 is 2.22 bits per heavy atom. The van der Waals surface area contributed by atoms with Gasteiger partial charge < -0.3 is 15.8 Å². The van der Waals surface area contributed by atoms with Crippen LogP contribution in [0, 0.1) is 0 Å². The van der Waals surface area contributed by atoms with E-state index in [0.29, 0.717) is 23.7 Å². The smallest absolute Gasteiger partial charge is 0.321 e. The number of benzene rings is 1. The fourth-order valence-corrected chi connectivity index (χ4v) is 1.55. The molecule has 18 heavy (non-hydrogen) atoms. The molecule has 1 aromatic rings. The summed E-state index contributed by atoms with van der Waals surface area (Å²) >= 11 is 0. The van der Waals surface area contributed by atoms with Crippen LogP contribution in [0.3, 0.4) is 0 Å². The van der Waals surface area contributed by atoms with Crippen molar-refractivity contribution in [1.29, 1.82) is 0 Å². The zero-order chi connectivity index (χ0) is 13.0. The number of nitrogens with two attached hydrogens (primary N) is 1. The predicted octanol–water partition coefficient (Wildman–Crippen LogP) is 1.70. The maximum Gasteiger partial charge on any atom is 0.321 e. The Labute approximate surface area is 106 Å². The predicted molar refractivity (Wildman–Crippen MR) is 69.9 cm³/mol. The number of hydrogen-bond acceptors (Lipinski definition) is 3. The minimum atomic E-state index is -0.152. The normalized spacial score (nSPS) is 14.1. The molecule has 1 aromatic carbocycles. The van der Waals surface area contributed by atoms with E-state index in [9.17, 15) is 4.79 Å². The SMILES string of the molecule is CNC(=O)N1C=CC(Oc2ccccc2N)=CC1. The molecular formula is C13H15N3O2. The van der Waals surface area contributed by atoms with E-state index in [1.165, 1.54) is 0 Å². The lowest BCUT2D eigenvalue weighted by atomic mass is 10.3. The monoisotopic (exact) mass is 245 g/mol. The lowest BCUT2D eigenvalue weighted by Crippen LogP contribution is -2.35. The van der Waals surface area contributed by atoms with Gasteiger partial charge in [-0.15, -0.1) is 0 Å². The average molecular weight is 245 g/mol. The molecule has 1 heterocycles. The van der Waals surface area contributed by atoms with E-state index in [4.69, 9.17) is 10.5 Å². The number of urea groups is 1.